The normalized spacial score (nSPS) is 22.7. The maximum absolute atomic E-state index is 15.2. The summed E-state index contributed by atoms with van der Waals surface area (Å²) in [5.74, 6) is 1.13. The zero-order valence-electron chi connectivity index (χ0n) is 21.1. The molecule has 0 spiro atoms. The Kier molecular flexibility index (Phi) is 8.90. The van der Waals surface area contributed by atoms with Gasteiger partial charge in [0.15, 0.2) is 18.0 Å². The van der Waals surface area contributed by atoms with Crippen LogP contribution in [0.15, 0.2) is 65.6 Å². The topological polar surface area (TPSA) is 137 Å². The number of benzene rings is 2. The number of aromatic nitrogens is 2. The Morgan fingerprint density at radius 2 is 1.55 bits per heavy atom. The molecule has 0 amide bonds. The molecule has 1 aliphatic rings. The van der Waals surface area contributed by atoms with Gasteiger partial charge in [0.2, 0.25) is 0 Å². The van der Waals surface area contributed by atoms with Gasteiger partial charge in [-0.1, -0.05) is 0 Å². The fourth-order valence-corrected chi connectivity index (χ4v) is 5.70. The van der Waals surface area contributed by atoms with Gasteiger partial charge in [-0.15, -0.1) is 0 Å². The molecule has 4 atom stereocenters. The maximum Gasteiger partial charge on any atom is 0.435 e. The van der Waals surface area contributed by atoms with Crippen molar-refractivity contribution in [3.63, 3.8) is 0 Å². The molecular weight excluding hydrogens is 578 g/mol. The lowest BCUT2D eigenvalue weighted by atomic mass is 9.97. The van der Waals surface area contributed by atoms with Crippen LogP contribution in [0.1, 0.15) is 6.23 Å². The Balaban J connectivity index is 1.64. The number of hydrogen-bond donors (Lipinski definition) is 2. The summed E-state index contributed by atoms with van der Waals surface area (Å²) in [5, 5.41) is 10.6. The van der Waals surface area contributed by atoms with Crippen LogP contribution < -0.4 is 29.9 Å². The average molecular weight is 604 g/mol. The number of nitrogens with zero attached hydrogens (tertiary/aromatic N) is 2. The molecule has 0 saturated carbocycles. The highest BCUT2D eigenvalue weighted by Crippen LogP contribution is 2.53. The van der Waals surface area contributed by atoms with Gasteiger partial charge in [0.25, 0.3) is 6.43 Å². The van der Waals surface area contributed by atoms with Crippen molar-refractivity contribution in [3.05, 3.63) is 71.3 Å². The summed E-state index contributed by atoms with van der Waals surface area (Å²) >= 11 is 5.51. The Bertz CT molecular complexity index is 1360. The largest absolute Gasteiger partial charge is 0.497 e. The van der Waals surface area contributed by atoms with Crippen LogP contribution in [0.3, 0.4) is 0 Å². The van der Waals surface area contributed by atoms with Crippen LogP contribution in [-0.2, 0) is 21.1 Å². The van der Waals surface area contributed by atoms with E-state index in [0.29, 0.717) is 16.1 Å². The van der Waals surface area contributed by atoms with Crippen LogP contribution in [-0.4, -0.2) is 59.8 Å². The Labute approximate surface area is 231 Å². The first-order valence-corrected chi connectivity index (χ1v) is 14.1. The summed E-state index contributed by atoms with van der Waals surface area (Å²) in [4.78, 5) is 15.7. The highest BCUT2D eigenvalue weighted by molar-refractivity contribution is 8.07. The number of aliphatic hydroxyl groups is 1. The van der Waals surface area contributed by atoms with Crippen molar-refractivity contribution in [1.29, 1.82) is 0 Å². The van der Waals surface area contributed by atoms with E-state index in [9.17, 15) is 18.7 Å². The third-order valence-electron chi connectivity index (χ3n) is 5.91. The fraction of sp³-hybridized carbons (Fsp3) is 0.333. The number of nitrogen functional groups attached to an aromatic ring is 1. The number of ether oxygens (including phenoxy) is 3. The van der Waals surface area contributed by atoms with Gasteiger partial charge in [0.1, 0.15) is 34.9 Å². The first kappa shape index (κ1) is 29.6. The van der Waals surface area contributed by atoms with E-state index in [2.05, 4.69) is 4.98 Å². The Morgan fingerprint density at radius 1 is 1.05 bits per heavy atom. The first-order valence-electron chi connectivity index (χ1n) is 11.5. The Morgan fingerprint density at radius 3 is 2.00 bits per heavy atom. The molecule has 2 heterocycles. The average Bonchev–Trinajstić information content (AvgIpc) is 3.19. The van der Waals surface area contributed by atoms with Crippen LogP contribution in [0.5, 0.6) is 23.0 Å². The minimum Gasteiger partial charge on any atom is -0.497 e. The molecule has 3 N–H and O–H groups in total. The predicted octanol–water partition coefficient (Wildman–Crippen LogP) is 3.47. The van der Waals surface area contributed by atoms with E-state index in [1.807, 2.05) is 0 Å². The van der Waals surface area contributed by atoms with Crippen molar-refractivity contribution in [2.75, 3.05) is 26.6 Å². The molecule has 1 aromatic heterocycles. The zero-order valence-corrected chi connectivity index (χ0v) is 22.8. The van der Waals surface area contributed by atoms with Crippen LogP contribution in [0.25, 0.3) is 0 Å². The zero-order chi connectivity index (χ0) is 29.1. The lowest BCUT2D eigenvalue weighted by Gasteiger charge is -2.32. The standard InChI is InChI=1S/C24H25F3N3O8PS/c1-33-14-3-7-16(8-4-14)37-39(40,38-17-9-5-15(34-2)6-10-17)35-13-24(22(26)27)20(31)19(25)21(36-24)30-12-11-18(28)29-23(30)32/h3-12,19-22,31H,13H2,1-2H3,(H2,28,29,32)/t19-,20-,21+,24+/m0/s1. The molecule has 3 aromatic rings. The molecule has 2 aromatic carbocycles. The van der Waals surface area contributed by atoms with Crippen LogP contribution in [0.2, 0.25) is 0 Å². The lowest BCUT2D eigenvalue weighted by molar-refractivity contribution is -0.192. The molecule has 216 valence electrons. The monoisotopic (exact) mass is 603 g/mol. The molecule has 0 aliphatic carbocycles. The molecule has 0 unspecified atom stereocenters. The molecular formula is C24H25F3N3O8PS. The van der Waals surface area contributed by atoms with Crippen molar-refractivity contribution < 1.29 is 46.1 Å². The van der Waals surface area contributed by atoms with Crippen LogP contribution in [0.4, 0.5) is 19.0 Å². The van der Waals surface area contributed by atoms with Crippen molar-refractivity contribution >= 4 is 24.3 Å². The van der Waals surface area contributed by atoms with E-state index in [1.54, 1.807) is 24.3 Å². The van der Waals surface area contributed by atoms with E-state index in [0.717, 1.165) is 12.3 Å². The molecule has 1 aliphatic heterocycles. The SMILES string of the molecule is COc1ccc(OP(=S)(OC[C@@]2(C(F)F)O[C@@H](n3ccc(N)nc3=O)[C@@H](F)[C@@H]2O)Oc2ccc(OC)cc2)cc1. The van der Waals surface area contributed by atoms with Gasteiger partial charge >= 0.3 is 12.4 Å². The van der Waals surface area contributed by atoms with E-state index >= 15 is 4.39 Å². The van der Waals surface area contributed by atoms with E-state index < -0.39 is 49.5 Å². The highest BCUT2D eigenvalue weighted by Gasteiger charge is 2.62. The minimum absolute atomic E-state index is 0.150. The van der Waals surface area contributed by atoms with Gasteiger partial charge in [-0.3, -0.25) is 9.09 Å². The van der Waals surface area contributed by atoms with E-state index in [-0.39, 0.29) is 17.3 Å². The van der Waals surface area contributed by atoms with Gasteiger partial charge < -0.3 is 34.1 Å². The van der Waals surface area contributed by atoms with E-state index in [4.69, 9.17) is 45.3 Å². The highest BCUT2D eigenvalue weighted by atomic mass is 32.5. The second-order valence-corrected chi connectivity index (χ2v) is 11.3. The van der Waals surface area contributed by atoms with E-state index in [1.165, 1.54) is 38.5 Å². The lowest BCUT2D eigenvalue weighted by Crippen LogP contribution is -2.52. The molecule has 1 fully saturated rings. The maximum atomic E-state index is 15.2. The molecule has 16 heteroatoms. The van der Waals surface area contributed by atoms with Crippen molar-refractivity contribution in [3.8, 4) is 23.0 Å². The summed E-state index contributed by atoms with van der Waals surface area (Å²) < 4.78 is 77.5. The number of nitrogens with two attached hydrogens (primary N) is 1. The quantitative estimate of drug-likeness (QED) is 0.312. The number of hydrogen-bond acceptors (Lipinski definition) is 11. The van der Waals surface area contributed by atoms with Crippen molar-refractivity contribution in [2.24, 2.45) is 0 Å². The Hall–Kier alpha value is -3.36. The third-order valence-corrected chi connectivity index (χ3v) is 7.99. The van der Waals surface area contributed by atoms with Crippen molar-refractivity contribution in [2.45, 2.75) is 30.5 Å². The summed E-state index contributed by atoms with van der Waals surface area (Å²) in [5.41, 5.74) is 1.42. The summed E-state index contributed by atoms with van der Waals surface area (Å²) in [6.45, 7) is -5.15. The first-order chi connectivity index (χ1) is 19.0. The number of halogens is 3. The van der Waals surface area contributed by atoms with Gasteiger partial charge in [-0.05, 0) is 54.6 Å². The molecule has 0 bridgehead atoms. The molecule has 11 nitrogen and oxygen atoms in total. The third kappa shape index (κ3) is 6.18. The smallest absolute Gasteiger partial charge is 0.435 e. The predicted molar refractivity (Wildman–Crippen MR) is 140 cm³/mol. The van der Waals surface area contributed by atoms with Gasteiger partial charge in [-0.2, -0.15) is 4.98 Å². The van der Waals surface area contributed by atoms with Gasteiger partial charge in [0, 0.05) is 18.0 Å². The number of methoxy groups -OCH3 is 2. The fourth-order valence-electron chi connectivity index (χ4n) is 3.76. The van der Waals surface area contributed by atoms with Gasteiger partial charge in [0.05, 0.1) is 20.8 Å². The van der Waals surface area contributed by atoms with Gasteiger partial charge in [-0.25, -0.2) is 18.0 Å². The molecule has 0 radical (unpaired) electrons. The second kappa shape index (κ2) is 12.0. The molecule has 40 heavy (non-hydrogen) atoms. The minimum atomic E-state index is -3.99. The van der Waals surface area contributed by atoms with Crippen molar-refractivity contribution in [1.82, 2.24) is 9.55 Å². The molecule has 1 saturated heterocycles. The van der Waals surface area contributed by atoms with Crippen LogP contribution in [0, 0.1) is 0 Å². The summed E-state index contributed by atoms with van der Waals surface area (Å²) in [6, 6.07) is 13.3. The number of anilines is 1. The summed E-state index contributed by atoms with van der Waals surface area (Å²) in [7, 11) is 2.93. The number of rotatable bonds is 11. The van der Waals surface area contributed by atoms with Crippen LogP contribution >= 0.6 is 6.72 Å². The summed E-state index contributed by atoms with van der Waals surface area (Å²) in [6.07, 6.45) is -9.35. The number of alkyl halides is 3. The molecule has 4 rings (SSSR count). The second-order valence-electron chi connectivity index (χ2n) is 8.45. The number of aliphatic hydroxyl groups excluding tert-OH is 1.